The van der Waals surface area contributed by atoms with Gasteiger partial charge in [-0.15, -0.1) is 0 Å². The number of hydrogen-bond donors (Lipinski definition) is 2. The Labute approximate surface area is 105 Å². The van der Waals surface area contributed by atoms with Crippen LogP contribution in [0.3, 0.4) is 0 Å². The Kier molecular flexibility index (Phi) is 5.80. The number of hydrogen-bond acceptors (Lipinski definition) is 3. The number of benzene rings is 1. The fourth-order valence-electron chi connectivity index (χ4n) is 1.28. The molecule has 1 aromatic rings. The lowest BCUT2D eigenvalue weighted by molar-refractivity contribution is 0.104. The highest BCUT2D eigenvalue weighted by atomic mass is 79.9. The molecule has 0 fully saturated rings. The summed E-state index contributed by atoms with van der Waals surface area (Å²) in [6.45, 7) is 3.09. The van der Waals surface area contributed by atoms with Gasteiger partial charge in [-0.2, -0.15) is 0 Å². The molecule has 2 N–H and O–H groups in total. The first-order chi connectivity index (χ1) is 7.67. The summed E-state index contributed by atoms with van der Waals surface area (Å²) in [7, 11) is 1.91. The van der Waals surface area contributed by atoms with Gasteiger partial charge in [-0.3, -0.25) is 0 Å². The van der Waals surface area contributed by atoms with Crippen molar-refractivity contribution in [2.75, 3.05) is 13.7 Å². The Morgan fingerprint density at radius 2 is 2.25 bits per heavy atom. The van der Waals surface area contributed by atoms with Crippen molar-refractivity contribution in [1.82, 2.24) is 5.32 Å². The van der Waals surface area contributed by atoms with Crippen LogP contribution in [0.5, 0.6) is 5.75 Å². The van der Waals surface area contributed by atoms with Gasteiger partial charge in [0.25, 0.3) is 0 Å². The van der Waals surface area contributed by atoms with Crippen LogP contribution >= 0.6 is 15.9 Å². The largest absolute Gasteiger partial charge is 0.490 e. The third-order valence-corrected chi connectivity index (χ3v) is 2.90. The molecule has 0 saturated heterocycles. The summed E-state index contributed by atoms with van der Waals surface area (Å²) in [6.07, 6.45) is 0.305. The van der Waals surface area contributed by atoms with Crippen molar-refractivity contribution in [1.29, 1.82) is 0 Å². The molecule has 0 heterocycles. The Bertz CT molecular complexity index is 331. The molecule has 0 bridgehead atoms. The Balaban J connectivity index is 2.60. The van der Waals surface area contributed by atoms with Crippen LogP contribution in [0.25, 0.3) is 0 Å². The van der Waals surface area contributed by atoms with E-state index in [0.717, 1.165) is 16.8 Å². The molecule has 0 aliphatic heterocycles. The molecular formula is C12H18BrNO2. The van der Waals surface area contributed by atoms with Crippen molar-refractivity contribution in [3.05, 3.63) is 28.2 Å². The van der Waals surface area contributed by atoms with Gasteiger partial charge in [-0.05, 0) is 47.1 Å². The lowest BCUT2D eigenvalue weighted by Gasteiger charge is -2.12. The first-order valence-electron chi connectivity index (χ1n) is 5.41. The number of halogens is 1. The molecule has 0 aliphatic rings. The predicted octanol–water partition coefficient (Wildman–Crippen LogP) is 2.32. The van der Waals surface area contributed by atoms with Gasteiger partial charge in [0.05, 0.1) is 10.6 Å². The molecule has 1 unspecified atom stereocenters. The van der Waals surface area contributed by atoms with Crippen molar-refractivity contribution in [3.8, 4) is 5.75 Å². The lowest BCUT2D eigenvalue weighted by Crippen LogP contribution is -2.16. The van der Waals surface area contributed by atoms with E-state index in [9.17, 15) is 5.11 Å². The maximum absolute atomic E-state index is 9.40. The van der Waals surface area contributed by atoms with Crippen LogP contribution in [-0.4, -0.2) is 24.9 Å². The summed E-state index contributed by atoms with van der Waals surface area (Å²) >= 11 is 3.45. The molecule has 3 nitrogen and oxygen atoms in total. The van der Waals surface area contributed by atoms with Gasteiger partial charge < -0.3 is 15.2 Å². The lowest BCUT2D eigenvalue weighted by atomic mass is 10.2. The van der Waals surface area contributed by atoms with Gasteiger partial charge in [-0.1, -0.05) is 13.0 Å². The minimum Gasteiger partial charge on any atom is -0.490 e. The fourth-order valence-corrected chi connectivity index (χ4v) is 1.82. The van der Waals surface area contributed by atoms with Gasteiger partial charge in [0.15, 0.2) is 0 Å². The van der Waals surface area contributed by atoms with Crippen LogP contribution < -0.4 is 10.1 Å². The predicted molar refractivity (Wildman–Crippen MR) is 68.7 cm³/mol. The van der Waals surface area contributed by atoms with Gasteiger partial charge >= 0.3 is 0 Å². The fraction of sp³-hybridized carbons (Fsp3) is 0.500. The summed E-state index contributed by atoms with van der Waals surface area (Å²) < 4.78 is 6.43. The van der Waals surface area contributed by atoms with E-state index >= 15 is 0 Å². The molecule has 90 valence electrons. The van der Waals surface area contributed by atoms with E-state index in [1.165, 1.54) is 5.56 Å². The van der Waals surface area contributed by atoms with Crippen LogP contribution in [0.4, 0.5) is 0 Å². The smallest absolute Gasteiger partial charge is 0.133 e. The maximum atomic E-state index is 9.40. The number of nitrogens with one attached hydrogen (secondary N) is 1. The number of aliphatic hydroxyl groups is 1. The zero-order valence-electron chi connectivity index (χ0n) is 9.66. The summed E-state index contributed by atoms with van der Waals surface area (Å²) in [6, 6.07) is 5.94. The third-order valence-electron chi connectivity index (χ3n) is 2.28. The van der Waals surface area contributed by atoms with E-state index in [1.54, 1.807) is 0 Å². The van der Waals surface area contributed by atoms with Crippen molar-refractivity contribution >= 4 is 15.9 Å². The molecular weight excluding hydrogens is 270 g/mol. The van der Waals surface area contributed by atoms with E-state index in [1.807, 2.05) is 32.2 Å². The molecule has 1 atom stereocenters. The van der Waals surface area contributed by atoms with E-state index in [-0.39, 0.29) is 0 Å². The van der Waals surface area contributed by atoms with Crippen molar-refractivity contribution in [2.24, 2.45) is 0 Å². The maximum Gasteiger partial charge on any atom is 0.133 e. The molecule has 0 aliphatic carbocycles. The normalized spacial score (nSPS) is 12.5. The molecule has 1 rings (SSSR count). The van der Waals surface area contributed by atoms with E-state index < -0.39 is 6.10 Å². The monoisotopic (exact) mass is 287 g/mol. The van der Waals surface area contributed by atoms with Gasteiger partial charge in [0, 0.05) is 6.54 Å². The highest BCUT2D eigenvalue weighted by Gasteiger charge is 2.05. The van der Waals surface area contributed by atoms with Crippen LogP contribution in [0, 0.1) is 0 Å². The first-order valence-corrected chi connectivity index (χ1v) is 6.20. The van der Waals surface area contributed by atoms with Gasteiger partial charge in [-0.25, -0.2) is 0 Å². The zero-order chi connectivity index (χ0) is 12.0. The second-order valence-electron chi connectivity index (χ2n) is 3.67. The van der Waals surface area contributed by atoms with Crippen LogP contribution in [0.1, 0.15) is 18.9 Å². The average molecular weight is 288 g/mol. The SMILES string of the molecule is CCC(O)COc1ccc(CNC)cc1Br. The molecule has 0 aromatic heterocycles. The Hall–Kier alpha value is -0.580. The molecule has 4 heteroatoms. The Morgan fingerprint density at radius 3 is 2.81 bits per heavy atom. The summed E-state index contributed by atoms with van der Waals surface area (Å²) in [4.78, 5) is 0. The summed E-state index contributed by atoms with van der Waals surface area (Å²) in [5, 5.41) is 12.5. The second-order valence-corrected chi connectivity index (χ2v) is 4.52. The third kappa shape index (κ3) is 4.12. The molecule has 1 aromatic carbocycles. The minimum atomic E-state index is -0.399. The topological polar surface area (TPSA) is 41.5 Å². The zero-order valence-corrected chi connectivity index (χ0v) is 11.3. The van der Waals surface area contributed by atoms with E-state index in [0.29, 0.717) is 13.0 Å². The van der Waals surface area contributed by atoms with Crippen molar-refractivity contribution in [3.63, 3.8) is 0 Å². The second kappa shape index (κ2) is 6.89. The number of aliphatic hydroxyl groups excluding tert-OH is 1. The van der Waals surface area contributed by atoms with Gasteiger partial charge in [0.1, 0.15) is 12.4 Å². The van der Waals surface area contributed by atoms with Crippen LogP contribution in [0.2, 0.25) is 0 Å². The molecule has 0 saturated carbocycles. The van der Waals surface area contributed by atoms with Gasteiger partial charge in [0.2, 0.25) is 0 Å². The van der Waals surface area contributed by atoms with Crippen molar-refractivity contribution in [2.45, 2.75) is 26.0 Å². The standard InChI is InChI=1S/C12H18BrNO2/c1-3-10(15)8-16-12-5-4-9(7-14-2)6-11(12)13/h4-6,10,14-15H,3,7-8H2,1-2H3. The van der Waals surface area contributed by atoms with Crippen LogP contribution in [0.15, 0.2) is 22.7 Å². The van der Waals surface area contributed by atoms with Crippen molar-refractivity contribution < 1.29 is 9.84 Å². The van der Waals surface area contributed by atoms with Crippen LogP contribution in [-0.2, 0) is 6.54 Å². The minimum absolute atomic E-state index is 0.334. The average Bonchev–Trinajstić information content (AvgIpc) is 2.28. The number of ether oxygens (including phenoxy) is 1. The Morgan fingerprint density at radius 1 is 1.50 bits per heavy atom. The van der Waals surface area contributed by atoms with E-state index in [4.69, 9.17) is 4.74 Å². The summed E-state index contributed by atoms with van der Waals surface area (Å²) in [5.74, 6) is 0.771. The molecule has 0 amide bonds. The quantitative estimate of drug-likeness (QED) is 0.844. The van der Waals surface area contributed by atoms with E-state index in [2.05, 4.69) is 21.2 Å². The molecule has 16 heavy (non-hydrogen) atoms. The molecule has 0 radical (unpaired) electrons. The first kappa shape index (κ1) is 13.5. The molecule has 0 spiro atoms. The highest BCUT2D eigenvalue weighted by Crippen LogP contribution is 2.26. The number of rotatable bonds is 6. The summed E-state index contributed by atoms with van der Waals surface area (Å²) in [5.41, 5.74) is 1.19. The highest BCUT2D eigenvalue weighted by molar-refractivity contribution is 9.10.